The van der Waals surface area contributed by atoms with E-state index in [4.69, 9.17) is 5.11 Å². The van der Waals surface area contributed by atoms with Crippen LogP contribution in [-0.4, -0.2) is 27.7 Å². The van der Waals surface area contributed by atoms with Crippen molar-refractivity contribution in [3.8, 4) is 0 Å². The molecule has 0 bridgehead atoms. The third kappa shape index (κ3) is 1.61. The van der Waals surface area contributed by atoms with E-state index in [0.29, 0.717) is 16.7 Å². The Bertz CT molecular complexity index is 664. The van der Waals surface area contributed by atoms with Crippen LogP contribution < -0.4 is 0 Å². The standard InChI is InChI=1S/C15H12O4/c16-7-9-6-12(17)13-11(14(9)18)5-8-3-1-2-4-10(8)15(13)19/h1-6,13,16-18H,7H2. The molecule has 1 aromatic rings. The Labute approximate surface area is 109 Å². The summed E-state index contributed by atoms with van der Waals surface area (Å²) in [5.41, 5.74) is 1.79. The second-order valence-electron chi connectivity index (χ2n) is 4.59. The average molecular weight is 256 g/mol. The maximum absolute atomic E-state index is 12.4. The lowest BCUT2D eigenvalue weighted by molar-refractivity contribution is 0.0927. The zero-order chi connectivity index (χ0) is 13.6. The Kier molecular flexibility index (Phi) is 2.54. The lowest BCUT2D eigenvalue weighted by Gasteiger charge is -2.28. The summed E-state index contributed by atoms with van der Waals surface area (Å²) in [4.78, 5) is 12.4. The van der Waals surface area contributed by atoms with E-state index in [2.05, 4.69) is 0 Å². The van der Waals surface area contributed by atoms with E-state index in [0.717, 1.165) is 0 Å². The minimum atomic E-state index is -0.870. The van der Waals surface area contributed by atoms with Crippen molar-refractivity contribution >= 4 is 11.9 Å². The van der Waals surface area contributed by atoms with E-state index in [1.807, 2.05) is 0 Å². The number of Topliss-reactive ketones (excluding diaryl/α,β-unsaturated/α-hetero) is 1. The van der Waals surface area contributed by atoms with Gasteiger partial charge in [0.15, 0.2) is 5.78 Å². The highest BCUT2D eigenvalue weighted by Gasteiger charge is 2.37. The van der Waals surface area contributed by atoms with Crippen molar-refractivity contribution in [2.75, 3.05) is 6.61 Å². The van der Waals surface area contributed by atoms with Crippen molar-refractivity contribution in [1.82, 2.24) is 0 Å². The first-order valence-electron chi connectivity index (χ1n) is 5.92. The lowest BCUT2D eigenvalue weighted by atomic mass is 9.77. The predicted molar refractivity (Wildman–Crippen MR) is 69.7 cm³/mol. The van der Waals surface area contributed by atoms with Gasteiger partial charge in [-0.3, -0.25) is 4.79 Å². The van der Waals surface area contributed by atoms with Crippen molar-refractivity contribution < 1.29 is 20.1 Å². The first kappa shape index (κ1) is 11.7. The van der Waals surface area contributed by atoms with Gasteiger partial charge in [0.1, 0.15) is 17.4 Å². The molecule has 1 unspecified atom stereocenters. The SMILES string of the molecule is O=C1c2ccccc2C=C2C(O)=C(CO)C=C(O)C12. The smallest absolute Gasteiger partial charge is 0.178 e. The highest BCUT2D eigenvalue weighted by molar-refractivity contribution is 6.08. The second-order valence-corrected chi connectivity index (χ2v) is 4.59. The molecule has 4 nitrogen and oxygen atoms in total. The molecule has 0 amide bonds. The molecule has 0 saturated carbocycles. The van der Waals surface area contributed by atoms with E-state index in [1.54, 1.807) is 30.3 Å². The summed E-state index contributed by atoms with van der Waals surface area (Å²) in [5.74, 6) is -1.39. The Balaban J connectivity index is 2.25. The van der Waals surface area contributed by atoms with Crippen LogP contribution in [0, 0.1) is 5.92 Å². The number of allylic oxidation sites excluding steroid dienone is 2. The van der Waals surface area contributed by atoms with E-state index in [-0.39, 0.29) is 22.9 Å². The molecule has 2 aliphatic carbocycles. The predicted octanol–water partition coefficient (Wildman–Crippen LogP) is 2.14. The van der Waals surface area contributed by atoms with Gasteiger partial charge in [0.2, 0.25) is 0 Å². The maximum atomic E-state index is 12.4. The molecular formula is C15H12O4. The molecule has 0 spiro atoms. The third-order valence-corrected chi connectivity index (χ3v) is 3.48. The first-order valence-corrected chi connectivity index (χ1v) is 5.92. The number of carbonyl (C=O) groups excluding carboxylic acids is 1. The minimum Gasteiger partial charge on any atom is -0.511 e. The summed E-state index contributed by atoms with van der Waals surface area (Å²) in [7, 11) is 0. The summed E-state index contributed by atoms with van der Waals surface area (Å²) < 4.78 is 0. The van der Waals surface area contributed by atoms with Gasteiger partial charge in [-0.1, -0.05) is 24.3 Å². The van der Waals surface area contributed by atoms with Crippen LogP contribution in [-0.2, 0) is 0 Å². The van der Waals surface area contributed by atoms with Gasteiger partial charge in [0.25, 0.3) is 0 Å². The van der Waals surface area contributed by atoms with E-state index in [9.17, 15) is 15.0 Å². The molecule has 19 heavy (non-hydrogen) atoms. The zero-order valence-corrected chi connectivity index (χ0v) is 10.00. The van der Waals surface area contributed by atoms with E-state index < -0.39 is 12.5 Å². The minimum absolute atomic E-state index is 0.131. The number of ketones is 1. The van der Waals surface area contributed by atoms with Gasteiger partial charge in [-0.2, -0.15) is 0 Å². The van der Waals surface area contributed by atoms with Crippen LogP contribution in [0.1, 0.15) is 15.9 Å². The van der Waals surface area contributed by atoms with Crippen molar-refractivity contribution in [2.45, 2.75) is 0 Å². The van der Waals surface area contributed by atoms with Gasteiger partial charge < -0.3 is 15.3 Å². The third-order valence-electron chi connectivity index (χ3n) is 3.48. The van der Waals surface area contributed by atoms with E-state index in [1.165, 1.54) is 6.08 Å². The van der Waals surface area contributed by atoms with Crippen LogP contribution >= 0.6 is 0 Å². The molecule has 0 fully saturated rings. The van der Waals surface area contributed by atoms with Crippen LogP contribution in [0.3, 0.4) is 0 Å². The number of benzene rings is 1. The molecule has 3 rings (SSSR count). The Morgan fingerprint density at radius 3 is 2.58 bits per heavy atom. The van der Waals surface area contributed by atoms with Crippen LogP contribution in [0.15, 0.2) is 53.0 Å². The van der Waals surface area contributed by atoms with Gasteiger partial charge in [-0.15, -0.1) is 0 Å². The Hall–Kier alpha value is -2.33. The molecular weight excluding hydrogens is 244 g/mol. The van der Waals surface area contributed by atoms with Crippen LogP contribution in [0.25, 0.3) is 6.08 Å². The van der Waals surface area contributed by atoms with Crippen molar-refractivity contribution in [3.05, 3.63) is 64.1 Å². The molecule has 0 saturated heterocycles. The summed E-state index contributed by atoms with van der Waals surface area (Å²) >= 11 is 0. The summed E-state index contributed by atoms with van der Waals surface area (Å²) in [6, 6.07) is 7.03. The number of aliphatic hydroxyl groups excluding tert-OH is 3. The largest absolute Gasteiger partial charge is 0.511 e. The van der Waals surface area contributed by atoms with Gasteiger partial charge in [0.05, 0.1) is 6.61 Å². The fourth-order valence-electron chi connectivity index (χ4n) is 2.53. The molecule has 1 atom stereocenters. The molecule has 0 aliphatic heterocycles. The molecule has 4 heteroatoms. The molecule has 3 N–H and O–H groups in total. The number of fused-ring (bicyclic) bond motifs is 2. The molecule has 1 aromatic carbocycles. The second kappa shape index (κ2) is 4.10. The molecule has 96 valence electrons. The normalized spacial score (nSPS) is 21.5. The van der Waals surface area contributed by atoms with Gasteiger partial charge >= 0.3 is 0 Å². The number of rotatable bonds is 1. The first-order chi connectivity index (χ1) is 9.13. The van der Waals surface area contributed by atoms with Gasteiger partial charge in [-0.05, 0) is 17.7 Å². The van der Waals surface area contributed by atoms with Crippen LogP contribution in [0.5, 0.6) is 0 Å². The average Bonchev–Trinajstić information content (AvgIpc) is 2.42. The van der Waals surface area contributed by atoms with Gasteiger partial charge in [0, 0.05) is 16.7 Å². The van der Waals surface area contributed by atoms with Crippen molar-refractivity contribution in [1.29, 1.82) is 0 Å². The maximum Gasteiger partial charge on any atom is 0.178 e. The lowest BCUT2D eigenvalue weighted by Crippen LogP contribution is -2.27. The number of aliphatic hydroxyl groups is 3. The fraction of sp³-hybridized carbons (Fsp3) is 0.133. The van der Waals surface area contributed by atoms with Crippen molar-refractivity contribution in [2.24, 2.45) is 5.92 Å². The zero-order valence-electron chi connectivity index (χ0n) is 10.00. The highest BCUT2D eigenvalue weighted by atomic mass is 16.3. The Morgan fingerprint density at radius 1 is 1.11 bits per heavy atom. The van der Waals surface area contributed by atoms with Gasteiger partial charge in [-0.25, -0.2) is 0 Å². The van der Waals surface area contributed by atoms with E-state index >= 15 is 0 Å². The molecule has 0 heterocycles. The molecule has 2 aliphatic rings. The summed E-state index contributed by atoms with van der Waals surface area (Å²) in [6.45, 7) is -0.393. The van der Waals surface area contributed by atoms with Crippen LogP contribution in [0.4, 0.5) is 0 Å². The van der Waals surface area contributed by atoms with Crippen molar-refractivity contribution in [3.63, 3.8) is 0 Å². The molecule has 0 radical (unpaired) electrons. The summed E-state index contributed by atoms with van der Waals surface area (Å²) in [5, 5.41) is 29.2. The molecule has 0 aromatic heterocycles. The monoisotopic (exact) mass is 256 g/mol. The quantitative estimate of drug-likeness (QED) is 0.719. The fourth-order valence-corrected chi connectivity index (χ4v) is 2.53. The number of hydrogen-bond donors (Lipinski definition) is 3. The Morgan fingerprint density at radius 2 is 1.84 bits per heavy atom. The summed E-state index contributed by atoms with van der Waals surface area (Å²) in [6.07, 6.45) is 2.93. The highest BCUT2D eigenvalue weighted by Crippen LogP contribution is 2.39. The van der Waals surface area contributed by atoms with Crippen LogP contribution in [0.2, 0.25) is 0 Å². The topological polar surface area (TPSA) is 77.8 Å². The number of carbonyl (C=O) groups is 1. The number of hydrogen-bond acceptors (Lipinski definition) is 4.